The molecule has 0 bridgehead atoms. The number of aliphatic carboxylic acids is 2. The van der Waals surface area contributed by atoms with Crippen molar-refractivity contribution in [1.29, 1.82) is 0 Å². The van der Waals surface area contributed by atoms with Crippen LogP contribution < -0.4 is 63.9 Å². The Morgan fingerprint density at radius 3 is 1.17 bits per heavy atom. The summed E-state index contributed by atoms with van der Waals surface area (Å²) < 4.78 is 21.1. The maximum atomic E-state index is 13.5. The van der Waals surface area contributed by atoms with Gasteiger partial charge in [0, 0.05) is 116 Å². The Labute approximate surface area is 940 Å². The van der Waals surface area contributed by atoms with Crippen molar-refractivity contribution in [2.24, 2.45) is 10.2 Å². The normalized spacial score (nSPS) is 21.9. The summed E-state index contributed by atoms with van der Waals surface area (Å²) in [4.78, 5) is 127. The van der Waals surface area contributed by atoms with Crippen molar-refractivity contribution in [3.63, 3.8) is 0 Å². The number of hydrogen-bond donors (Lipinski definition) is 2. The molecule has 8 aliphatic heterocycles. The third-order valence-electron chi connectivity index (χ3n) is 29.3. The molecule has 762 valence electrons. The zero-order chi connectivity index (χ0) is 105. The zero-order valence-corrected chi connectivity index (χ0v) is 95.4. The lowest BCUT2D eigenvalue weighted by Crippen LogP contribution is -2.35. The van der Waals surface area contributed by atoms with Crippen LogP contribution >= 0.6 is 166 Å². The Morgan fingerprint density at radius 2 is 0.780 bits per heavy atom. The molecule has 10 heterocycles. The molecule has 6 fully saturated rings. The average Bonchev–Trinajstić information content (AvgIpc) is 1.58. The molecule has 4 aliphatic carbocycles. The number of benzene rings is 10. The lowest BCUT2D eigenvalue weighted by atomic mass is 9.95. The Hall–Kier alpha value is -11.6. The van der Waals surface area contributed by atoms with Gasteiger partial charge in [0.2, 0.25) is 0 Å². The molecule has 2 aromatic heterocycles. The molecule has 0 radical (unpaired) electrons. The van der Waals surface area contributed by atoms with E-state index in [1.54, 1.807) is 37.5 Å². The highest BCUT2D eigenvalue weighted by Crippen LogP contribution is 2.60. The highest BCUT2D eigenvalue weighted by atomic mass is 79.9. The first-order chi connectivity index (χ1) is 72.5. The number of hydrogen-bond acceptors (Lipinski definition) is 23. The molecular weight excluding hydrogens is 2410 g/mol. The van der Waals surface area contributed by atoms with Crippen LogP contribution in [0.5, 0.6) is 5.75 Å². The number of halogens is 6. The summed E-state index contributed by atoms with van der Waals surface area (Å²) in [6.45, 7) is 5.60. The van der Waals surface area contributed by atoms with Gasteiger partial charge in [-0.3, -0.25) is 62.1 Å². The van der Waals surface area contributed by atoms with Gasteiger partial charge in [-0.15, -0.1) is 27.8 Å². The van der Waals surface area contributed by atoms with Crippen LogP contribution in [0.4, 0.5) is 56.9 Å². The molecule has 37 heteroatoms. The van der Waals surface area contributed by atoms with Gasteiger partial charge in [0.1, 0.15) is 52.2 Å². The van der Waals surface area contributed by atoms with Crippen LogP contribution in [0.3, 0.4) is 0 Å². The number of para-hydroxylation sites is 2. The van der Waals surface area contributed by atoms with Crippen molar-refractivity contribution in [2.75, 3.05) is 49.8 Å². The molecule has 2 saturated heterocycles. The monoisotopic (exact) mass is 2490 g/mol. The van der Waals surface area contributed by atoms with Gasteiger partial charge in [-0.2, -0.15) is 15.1 Å². The van der Waals surface area contributed by atoms with E-state index in [0.717, 1.165) is 181 Å². The Kier molecular flexibility index (Phi) is 30.5. The second-order valence-corrected chi connectivity index (χ2v) is 48.5. The van der Waals surface area contributed by atoms with E-state index in [2.05, 4.69) is 247 Å². The van der Waals surface area contributed by atoms with E-state index >= 15 is 0 Å². The van der Waals surface area contributed by atoms with Gasteiger partial charge in [0.15, 0.2) is 0 Å². The first-order valence-corrected chi connectivity index (χ1v) is 58.0. The number of anilines is 10. The minimum Gasteiger partial charge on any atom is -0.497 e. The van der Waals surface area contributed by atoms with E-state index in [4.69, 9.17) is 33.9 Å². The summed E-state index contributed by atoms with van der Waals surface area (Å²) in [5.74, 6) is -0.821. The lowest BCUT2D eigenvalue weighted by molar-refractivity contribution is -0.138. The second-order valence-electron chi connectivity index (χ2n) is 37.9. The van der Waals surface area contributed by atoms with Crippen LogP contribution in [0, 0.1) is 0 Å². The summed E-state index contributed by atoms with van der Waals surface area (Å²) in [5.41, 5.74) is 20.3. The van der Waals surface area contributed by atoms with Crippen LogP contribution in [0.15, 0.2) is 270 Å². The summed E-state index contributed by atoms with van der Waals surface area (Å²) in [6.07, 6.45) is 21.1. The molecule has 12 aliphatic rings. The van der Waals surface area contributed by atoms with Crippen LogP contribution in [0.25, 0.3) is 34.1 Å². The van der Waals surface area contributed by atoms with E-state index in [1.807, 2.05) is 106 Å². The molecule has 4 saturated carbocycles. The van der Waals surface area contributed by atoms with Crippen molar-refractivity contribution in [3.05, 3.63) is 334 Å². The third-order valence-corrected chi connectivity index (χ3v) is 38.1. The van der Waals surface area contributed by atoms with Gasteiger partial charge in [0.25, 0.3) is 47.1 Å². The fraction of sp³-hybridized carbons (Fsp3) is 0.248. The standard InChI is InChI=1S/C29H27N3O5S3.C28H23Br2N3O4S3.C28H21Br2N3O3.C28H23Br2N3O/c1-3-30-27(36)25(40-29(30)38)28-31(15-24(33)34)26(35)23(39-28)14-16-7-12-22-20(13-16)19-5-4-6-21(19)32(22)17-8-10-18(37-2)11-9-17;1-2-31-26(37)24(40-28(31)38)27-32(13-22(34)35)25(36)21(39-27)12-14-10-18-17-4-3-5-20(17)33(23(18)19(30)11-14)16-8-6-15(29)7-9-16;29-18-9-11-19(12-10-18)32-25-8-4-7-21(25)22-13-17(15-24(30)26(22)32)14-23-27(36-16-34)31-33(28(23)35)20-5-2-1-3-6-20;1-17-23(28(34)33(31-17)21-6-3-2-4-7-21)14-18-15-24-22-8-5-9-26(22)32(27(24)25(30)16-18)20-12-10-19(29)11-13-20/h7-14,19,21H,3-6,15H2,1-2H3,(H,33,34);6-12,17,20H,2-5,13H2,1H3,(H,34,35);1-3,5-6,9-16,21,25H,4,7-8H2;2-4,6-7,10-16,22,26H,5,8-9H2,1H3/b23-14+,28-25+;21-12+,27-24+;2*23-14-. The van der Waals surface area contributed by atoms with E-state index in [1.165, 1.54) is 105 Å². The molecule has 2 N–H and O–H groups in total. The maximum absolute atomic E-state index is 13.5. The maximum Gasteiger partial charge on any atom is 0.323 e. The molecule has 25 nitrogen and oxygen atoms in total. The molecule has 24 rings (SSSR count). The molecule has 12 aromatic rings. The minimum absolute atomic E-state index is 0.00861. The largest absolute Gasteiger partial charge is 0.497 e. The van der Waals surface area contributed by atoms with Crippen molar-refractivity contribution < 1.29 is 53.2 Å². The minimum atomic E-state index is -1.15. The molecule has 150 heavy (non-hydrogen) atoms. The topological polar surface area (TPSA) is 273 Å². The smallest absolute Gasteiger partial charge is 0.323 e. The zero-order valence-electron chi connectivity index (χ0n) is 81.0. The highest BCUT2D eigenvalue weighted by molar-refractivity contribution is 9.11. The highest BCUT2D eigenvalue weighted by Gasteiger charge is 2.49. The number of carbonyl (C=O) groups is 7. The number of ether oxygens (including phenoxy) is 2. The number of thioether (sulfide) groups is 2. The number of hydrazone groups is 2. The molecular formula is C113H94Br6N12O13S6. The second kappa shape index (κ2) is 43.9. The first kappa shape index (κ1) is 104. The number of nitrogens with zero attached hydrogens (tertiary/aromatic N) is 12. The number of carboxylic acids is 2. The van der Waals surface area contributed by atoms with Gasteiger partial charge in [-0.25, -0.2) is 0 Å². The molecule has 8 atom stereocenters. The number of aromatic nitrogens is 2. The molecule has 4 amide bonds. The Balaban J connectivity index is 0.000000117. The van der Waals surface area contributed by atoms with Crippen molar-refractivity contribution in [2.45, 2.75) is 159 Å². The fourth-order valence-electron chi connectivity index (χ4n) is 22.9. The van der Waals surface area contributed by atoms with Gasteiger partial charge < -0.3 is 39.3 Å². The van der Waals surface area contributed by atoms with Crippen LogP contribution in [0.2, 0.25) is 0 Å². The quantitative estimate of drug-likeness (QED) is 0.0459. The number of thiocarbonyl (C=S) groups is 2. The predicted molar refractivity (Wildman–Crippen MR) is 626 cm³/mol. The number of carboxylic acid groups (broad SMARTS) is 2. The van der Waals surface area contributed by atoms with Crippen molar-refractivity contribution in [1.82, 2.24) is 18.9 Å². The summed E-state index contributed by atoms with van der Waals surface area (Å²) in [7, 11) is 1.66. The fourth-order valence-corrected chi connectivity index (χ4v) is 31.1. The van der Waals surface area contributed by atoms with Gasteiger partial charge in [-0.1, -0.05) is 164 Å². The van der Waals surface area contributed by atoms with Crippen LogP contribution in [-0.2, 0) is 51.4 Å². The number of carbonyl (C=O) groups excluding carboxylic acids is 5. The predicted octanol–water partition coefficient (Wildman–Crippen LogP) is 23.5. The van der Waals surface area contributed by atoms with Crippen LogP contribution in [-0.4, -0.2) is 136 Å². The molecule has 0 spiro atoms. The molecule has 8 unspecified atom stereocenters. The summed E-state index contributed by atoms with van der Waals surface area (Å²) >= 11 is 37.3. The summed E-state index contributed by atoms with van der Waals surface area (Å²) in [6, 6.07) is 72.8. The van der Waals surface area contributed by atoms with Gasteiger partial charge in [0.05, 0.1) is 55.9 Å². The van der Waals surface area contributed by atoms with Crippen molar-refractivity contribution in [3.8, 4) is 5.75 Å². The lowest BCUT2D eigenvalue weighted by Gasteiger charge is -2.28. The van der Waals surface area contributed by atoms with Crippen LogP contribution in [0.1, 0.15) is 166 Å². The van der Waals surface area contributed by atoms with E-state index < -0.39 is 36.1 Å². The number of thiazole rings is 2. The van der Waals surface area contributed by atoms with Gasteiger partial charge >= 0.3 is 11.9 Å². The van der Waals surface area contributed by atoms with E-state index in [-0.39, 0.29) is 35.1 Å². The SMILES string of the molecule is CC1=NN(c2ccccc2)C(=O)/C1=C\c1cc(Br)c2c(c1)C1CCCC1N2c1ccc(Br)cc1.CCN1C(=O)/C(=c2\s/c(=C/c3cc(Br)c4c(c3)C3CCCC3N4c3ccc(Br)cc3)c(=O)n2CC(=O)O)SC1=S.CCN1C(=O)/C(=c2\s/c(=C/c3ccc4c(c3)C3CCCC3N4c3ccc(OC)cc3)c(=O)n2CC(=O)O)SC1=S.O=COC1=NN(c2ccccc2)C(=O)/C1=C\c1cc(Br)c2c(c1)C1CCCC1N2c1ccc(Br)cc1. The number of amides is 4. The van der Waals surface area contributed by atoms with E-state index in [9.17, 15) is 53.4 Å². The number of rotatable bonds is 18. The third kappa shape index (κ3) is 19.9. The average molecular weight is 2500 g/mol. The number of fused-ring (bicyclic) bond motifs is 12. The van der Waals surface area contributed by atoms with Gasteiger partial charge in [-0.05, 0) is 359 Å². The summed E-state index contributed by atoms with van der Waals surface area (Å²) in [5, 5.41) is 30.6. The van der Waals surface area contributed by atoms with E-state index in [0.29, 0.717) is 116 Å². The first-order valence-electron chi connectivity index (χ1n) is 49.2. The Morgan fingerprint density at radius 1 is 0.420 bits per heavy atom. The van der Waals surface area contributed by atoms with Crippen molar-refractivity contribution >= 4 is 319 Å². The number of methoxy groups -OCH3 is 1. The Bertz CT molecular complexity index is 8150. The molecule has 10 aromatic carbocycles.